The second-order valence-corrected chi connectivity index (χ2v) is 2.33. The van der Waals surface area contributed by atoms with Gasteiger partial charge in [-0.25, -0.2) is 0 Å². The van der Waals surface area contributed by atoms with Gasteiger partial charge in [0.25, 0.3) is 0 Å². The topological polar surface area (TPSA) is 80.4 Å². The molecule has 0 amide bonds. The maximum absolute atomic E-state index is 10.8. The van der Waals surface area contributed by atoms with Crippen LogP contribution in [0.25, 0.3) is 0 Å². The molecule has 1 aliphatic carbocycles. The molecule has 60 valence electrons. The highest BCUT2D eigenvalue weighted by atomic mass is 16.6. The van der Waals surface area contributed by atoms with Gasteiger partial charge in [-0.15, -0.1) is 0 Å². The summed E-state index contributed by atoms with van der Waals surface area (Å²) in [5.74, 6) is -0.954. The second-order valence-electron chi connectivity index (χ2n) is 2.33. The van der Waals surface area contributed by atoms with Crippen LogP contribution in [-0.2, 0) is 4.79 Å². The predicted molar refractivity (Wildman–Crippen MR) is 35.5 cm³/mol. The molecule has 0 aromatic rings. The summed E-state index contributed by atoms with van der Waals surface area (Å²) >= 11 is 0. The Morgan fingerprint density at radius 2 is 2.09 bits per heavy atom. The van der Waals surface area contributed by atoms with E-state index in [1.807, 2.05) is 0 Å². The average molecular weight is 157 g/mol. The van der Waals surface area contributed by atoms with Crippen LogP contribution in [-0.4, -0.2) is 15.8 Å². The van der Waals surface area contributed by atoms with Crippen LogP contribution in [0.5, 0.6) is 0 Å². The molecule has 11 heavy (non-hydrogen) atoms. The quantitative estimate of drug-likeness (QED) is 0.450. The van der Waals surface area contributed by atoms with Gasteiger partial charge >= 0.3 is 5.70 Å². The number of aliphatic hydroxyl groups is 1. The Bertz CT molecular complexity index is 243. The highest BCUT2D eigenvalue weighted by Crippen LogP contribution is 2.19. The monoisotopic (exact) mass is 157 g/mol. The molecule has 5 nitrogen and oxygen atoms in total. The Morgan fingerprint density at radius 3 is 2.45 bits per heavy atom. The van der Waals surface area contributed by atoms with Crippen molar-refractivity contribution in [2.75, 3.05) is 0 Å². The minimum atomic E-state index is -0.823. The molecule has 0 aromatic heterocycles. The number of hydrogen-bond acceptors (Lipinski definition) is 4. The molecule has 0 unspecified atom stereocenters. The average Bonchev–Trinajstić information content (AvgIpc) is 1.85. The molecule has 0 fully saturated rings. The van der Waals surface area contributed by atoms with Crippen molar-refractivity contribution in [1.29, 1.82) is 0 Å². The van der Waals surface area contributed by atoms with Gasteiger partial charge in [0.1, 0.15) is 0 Å². The van der Waals surface area contributed by atoms with Gasteiger partial charge in [0, 0.05) is 12.8 Å². The Hall–Kier alpha value is -1.39. The third-order valence-corrected chi connectivity index (χ3v) is 1.54. The van der Waals surface area contributed by atoms with E-state index < -0.39 is 16.4 Å². The fraction of sp³-hybridized carbons (Fsp3) is 0.500. The second kappa shape index (κ2) is 2.69. The number of allylic oxidation sites excluding steroid dienone is 2. The van der Waals surface area contributed by atoms with Crippen molar-refractivity contribution in [2.24, 2.45) is 0 Å². The zero-order valence-electron chi connectivity index (χ0n) is 5.74. The summed E-state index contributed by atoms with van der Waals surface area (Å²) in [7, 11) is 0. The fourth-order valence-corrected chi connectivity index (χ4v) is 1.02. The van der Waals surface area contributed by atoms with Crippen LogP contribution in [0.3, 0.4) is 0 Å². The molecule has 0 saturated heterocycles. The zero-order valence-corrected chi connectivity index (χ0v) is 5.74. The van der Waals surface area contributed by atoms with Crippen molar-refractivity contribution in [1.82, 2.24) is 0 Å². The van der Waals surface area contributed by atoms with Gasteiger partial charge in [0.2, 0.25) is 5.78 Å². The van der Waals surface area contributed by atoms with Crippen LogP contribution in [0.15, 0.2) is 11.5 Å². The molecule has 1 aliphatic rings. The first-order valence-electron chi connectivity index (χ1n) is 3.22. The third kappa shape index (κ3) is 1.36. The molecule has 0 aliphatic heterocycles. The maximum Gasteiger partial charge on any atom is 0.348 e. The van der Waals surface area contributed by atoms with Gasteiger partial charge in [-0.05, 0) is 6.42 Å². The van der Waals surface area contributed by atoms with E-state index in [4.69, 9.17) is 5.11 Å². The molecule has 0 saturated carbocycles. The van der Waals surface area contributed by atoms with Gasteiger partial charge < -0.3 is 5.11 Å². The lowest BCUT2D eigenvalue weighted by Crippen LogP contribution is -2.17. The van der Waals surface area contributed by atoms with Crippen molar-refractivity contribution in [3.05, 3.63) is 21.6 Å². The van der Waals surface area contributed by atoms with Gasteiger partial charge in [-0.3, -0.25) is 14.9 Å². The molecule has 0 spiro atoms. The normalized spacial score (nSPS) is 18.7. The molecule has 0 heterocycles. The number of carbonyl (C=O) groups is 1. The summed E-state index contributed by atoms with van der Waals surface area (Å²) in [6.07, 6.45) is 0.907. The molecule has 1 N–H and O–H groups in total. The SMILES string of the molecule is O=C1CCCC(O)=C1[N+](=O)[O-]. The lowest BCUT2D eigenvalue weighted by Gasteiger charge is -2.06. The van der Waals surface area contributed by atoms with Gasteiger partial charge in [-0.2, -0.15) is 0 Å². The molecule has 1 rings (SSSR count). The summed E-state index contributed by atoms with van der Waals surface area (Å²) in [4.78, 5) is 20.1. The Kier molecular flexibility index (Phi) is 1.89. The number of Topliss-reactive ketones (excluding diaryl/α,β-unsaturated/α-hetero) is 1. The summed E-state index contributed by atoms with van der Waals surface area (Å²) in [5, 5.41) is 19.1. The van der Waals surface area contributed by atoms with E-state index in [0.29, 0.717) is 6.42 Å². The number of rotatable bonds is 1. The highest BCUT2D eigenvalue weighted by molar-refractivity contribution is 5.94. The highest BCUT2D eigenvalue weighted by Gasteiger charge is 2.30. The molecule has 0 bridgehead atoms. The van der Waals surface area contributed by atoms with Crippen molar-refractivity contribution >= 4 is 5.78 Å². The van der Waals surface area contributed by atoms with E-state index in [1.54, 1.807) is 0 Å². The van der Waals surface area contributed by atoms with Crippen LogP contribution in [0.1, 0.15) is 19.3 Å². The Balaban J connectivity index is 3.01. The fourth-order valence-electron chi connectivity index (χ4n) is 1.02. The van der Waals surface area contributed by atoms with Crippen LogP contribution in [0.4, 0.5) is 0 Å². The standard InChI is InChI=1S/C6H7NO4/c8-4-2-1-3-5(9)6(4)7(10)11/h8H,1-3H2. The number of ketones is 1. The first-order chi connectivity index (χ1) is 5.13. The Labute approximate surface area is 62.5 Å². The number of nitro groups is 1. The van der Waals surface area contributed by atoms with Gasteiger partial charge in [0.15, 0.2) is 5.76 Å². The van der Waals surface area contributed by atoms with Crippen LogP contribution < -0.4 is 0 Å². The zero-order chi connectivity index (χ0) is 8.43. The third-order valence-electron chi connectivity index (χ3n) is 1.54. The first-order valence-corrected chi connectivity index (χ1v) is 3.22. The van der Waals surface area contributed by atoms with Crippen LogP contribution in [0, 0.1) is 10.1 Å². The maximum atomic E-state index is 10.8. The van der Waals surface area contributed by atoms with Gasteiger partial charge in [0.05, 0.1) is 4.92 Å². The summed E-state index contributed by atoms with van der Waals surface area (Å²) in [6.45, 7) is 0. The van der Waals surface area contributed by atoms with Crippen molar-refractivity contribution in [3.8, 4) is 0 Å². The number of carbonyl (C=O) groups excluding carboxylic acids is 1. The smallest absolute Gasteiger partial charge is 0.348 e. The molecular weight excluding hydrogens is 150 g/mol. The first kappa shape index (κ1) is 7.71. The van der Waals surface area contributed by atoms with Crippen molar-refractivity contribution in [3.63, 3.8) is 0 Å². The van der Waals surface area contributed by atoms with E-state index >= 15 is 0 Å². The van der Waals surface area contributed by atoms with Gasteiger partial charge in [-0.1, -0.05) is 0 Å². The summed E-state index contributed by atoms with van der Waals surface area (Å²) in [6, 6.07) is 0. The lowest BCUT2D eigenvalue weighted by atomic mass is 10.0. The van der Waals surface area contributed by atoms with Crippen LogP contribution >= 0.6 is 0 Å². The predicted octanol–water partition coefficient (Wildman–Crippen LogP) is 0.786. The number of aliphatic hydroxyl groups excluding tert-OH is 1. The summed E-state index contributed by atoms with van der Waals surface area (Å²) in [5.41, 5.74) is -0.628. The van der Waals surface area contributed by atoms with E-state index in [9.17, 15) is 14.9 Å². The summed E-state index contributed by atoms with van der Waals surface area (Å²) < 4.78 is 0. The molecule has 0 atom stereocenters. The lowest BCUT2D eigenvalue weighted by molar-refractivity contribution is -0.422. The van der Waals surface area contributed by atoms with E-state index in [1.165, 1.54) is 0 Å². The number of hydrogen-bond donors (Lipinski definition) is 1. The minimum Gasteiger partial charge on any atom is -0.506 e. The molecule has 0 aromatic carbocycles. The van der Waals surface area contributed by atoms with Crippen molar-refractivity contribution in [2.45, 2.75) is 19.3 Å². The number of nitrogens with zero attached hydrogens (tertiary/aromatic N) is 1. The largest absolute Gasteiger partial charge is 0.506 e. The van der Waals surface area contributed by atoms with E-state index in [2.05, 4.69) is 0 Å². The minimum absolute atomic E-state index is 0.167. The van der Waals surface area contributed by atoms with Crippen molar-refractivity contribution < 1.29 is 14.8 Å². The Morgan fingerprint density at radius 1 is 1.45 bits per heavy atom. The molecule has 5 heteroatoms. The molecular formula is C6H7NO4. The van der Waals surface area contributed by atoms with E-state index in [-0.39, 0.29) is 18.6 Å². The molecule has 0 radical (unpaired) electrons. The van der Waals surface area contributed by atoms with Crippen LogP contribution in [0.2, 0.25) is 0 Å². The van der Waals surface area contributed by atoms with E-state index in [0.717, 1.165) is 0 Å².